The maximum atomic E-state index is 13.5. The minimum absolute atomic E-state index is 0.0390. The fourth-order valence-electron chi connectivity index (χ4n) is 4.03. The molecule has 0 saturated carbocycles. The van der Waals surface area contributed by atoms with Crippen molar-refractivity contribution >= 4 is 36.6 Å². The number of nitrogens with zero attached hydrogens (tertiary/aromatic N) is 4. The normalized spacial score (nSPS) is 21.2. The Bertz CT molecular complexity index is 1270. The zero-order valence-corrected chi connectivity index (χ0v) is 22.1. The second-order valence-corrected chi connectivity index (χ2v) is 10.7. The first-order valence-corrected chi connectivity index (χ1v) is 13.5. The van der Waals surface area contributed by atoms with E-state index in [9.17, 15) is 9.36 Å². The van der Waals surface area contributed by atoms with Crippen LogP contribution in [-0.4, -0.2) is 57.9 Å². The number of hydrogen-bond donors (Lipinski definition) is 3. The van der Waals surface area contributed by atoms with Crippen molar-refractivity contribution in [1.29, 1.82) is 0 Å². The van der Waals surface area contributed by atoms with Crippen LogP contribution in [0.1, 0.15) is 33.4 Å². The van der Waals surface area contributed by atoms with Gasteiger partial charge in [-0.05, 0) is 32.4 Å². The molecule has 1 aliphatic rings. The number of imidazole rings is 1. The van der Waals surface area contributed by atoms with Crippen molar-refractivity contribution in [2.45, 2.75) is 45.6 Å². The summed E-state index contributed by atoms with van der Waals surface area (Å²) in [6.45, 7) is 5.10. The van der Waals surface area contributed by atoms with Crippen LogP contribution in [0.5, 0.6) is 5.75 Å². The van der Waals surface area contributed by atoms with Crippen LogP contribution in [0.3, 0.4) is 0 Å². The van der Waals surface area contributed by atoms with Crippen molar-refractivity contribution < 1.29 is 27.9 Å². The molecule has 1 fully saturated rings. The van der Waals surface area contributed by atoms with Gasteiger partial charge in [-0.3, -0.25) is 13.9 Å². The van der Waals surface area contributed by atoms with Crippen LogP contribution < -0.4 is 20.7 Å². The molecule has 1 unspecified atom stereocenters. The van der Waals surface area contributed by atoms with Gasteiger partial charge in [-0.15, -0.1) is 0 Å². The zero-order chi connectivity index (χ0) is 26.6. The van der Waals surface area contributed by atoms with Gasteiger partial charge in [0.1, 0.15) is 18.5 Å². The molecule has 0 aliphatic carbocycles. The number of rotatable bonds is 11. The molecule has 0 spiro atoms. The van der Waals surface area contributed by atoms with Gasteiger partial charge in [-0.1, -0.05) is 25.1 Å². The Morgan fingerprint density at radius 2 is 2.05 bits per heavy atom. The molecular weight excluding hydrogens is 501 g/mol. The molecule has 2 aromatic heterocycles. The summed E-state index contributed by atoms with van der Waals surface area (Å²) in [5.74, 6) is 0.453. The molecule has 0 radical (unpaired) electrons. The molecule has 4 N–H and O–H groups in total. The fourth-order valence-corrected chi connectivity index (χ4v) is 5.32. The molecule has 4 rings (SSSR count). The number of carbonyl (C=O) groups is 1. The summed E-state index contributed by atoms with van der Waals surface area (Å²) in [4.78, 5) is 25.0. The third-order valence-electron chi connectivity index (χ3n) is 5.59. The van der Waals surface area contributed by atoms with Crippen molar-refractivity contribution in [3.05, 3.63) is 36.7 Å². The van der Waals surface area contributed by atoms with Gasteiger partial charge in [-0.2, -0.15) is 9.97 Å². The first kappa shape index (κ1) is 26.8. The van der Waals surface area contributed by atoms with Crippen LogP contribution in [0.2, 0.25) is 0 Å². The Morgan fingerprint density at radius 1 is 1.30 bits per heavy atom. The van der Waals surface area contributed by atoms with Crippen molar-refractivity contribution in [2.75, 3.05) is 31.2 Å². The van der Waals surface area contributed by atoms with Gasteiger partial charge in [0.05, 0.1) is 25.1 Å². The highest BCUT2D eigenvalue weighted by molar-refractivity contribution is 7.52. The van der Waals surface area contributed by atoms with Crippen LogP contribution in [-0.2, 0) is 23.4 Å². The smallest absolute Gasteiger partial charge is 0.459 e. The number of esters is 1. The Balaban J connectivity index is 1.46. The lowest BCUT2D eigenvalue weighted by Crippen LogP contribution is -2.28. The molecule has 1 aliphatic heterocycles. The number of nitrogens with one attached hydrogen (secondary N) is 2. The highest BCUT2D eigenvalue weighted by Crippen LogP contribution is 2.45. The third-order valence-corrected chi connectivity index (χ3v) is 7.07. The molecular formula is C23H32N7O6P. The Kier molecular flexibility index (Phi) is 8.28. The summed E-state index contributed by atoms with van der Waals surface area (Å²) in [6.07, 6.45) is 1.14. The monoisotopic (exact) mass is 533 g/mol. The lowest BCUT2D eigenvalue weighted by molar-refractivity contribution is -0.145. The quantitative estimate of drug-likeness (QED) is 0.244. The van der Waals surface area contributed by atoms with E-state index in [2.05, 4.69) is 25.4 Å². The summed E-state index contributed by atoms with van der Waals surface area (Å²) >= 11 is 0. The van der Waals surface area contributed by atoms with Crippen molar-refractivity contribution in [1.82, 2.24) is 24.6 Å². The van der Waals surface area contributed by atoms with Crippen LogP contribution >= 0.6 is 7.75 Å². The van der Waals surface area contributed by atoms with E-state index in [1.807, 2.05) is 6.92 Å². The molecule has 3 heterocycles. The molecule has 37 heavy (non-hydrogen) atoms. The van der Waals surface area contributed by atoms with Gasteiger partial charge in [-0.25, -0.2) is 14.6 Å². The summed E-state index contributed by atoms with van der Waals surface area (Å²) in [5, 5.41) is 5.56. The average Bonchev–Trinajstić information content (AvgIpc) is 3.44. The number of fused-ring (bicyclic) bond motifs is 1. The van der Waals surface area contributed by atoms with Crippen LogP contribution in [0.4, 0.5) is 11.8 Å². The number of nitrogen functional groups attached to an aromatic ring is 1. The first-order valence-electron chi connectivity index (χ1n) is 11.9. The van der Waals surface area contributed by atoms with E-state index < -0.39 is 26.0 Å². The molecule has 13 nitrogen and oxygen atoms in total. The molecule has 3 aromatic rings. The van der Waals surface area contributed by atoms with E-state index in [1.165, 1.54) is 0 Å². The van der Waals surface area contributed by atoms with E-state index >= 15 is 0 Å². The number of anilines is 2. The maximum absolute atomic E-state index is 13.5. The highest BCUT2D eigenvalue weighted by Gasteiger charge is 2.37. The standard InChI is InChI=1S/C23H32N7O6P/c1-14(2)34-18(31)11-27-37(32,36-16-8-6-5-7-9-16)33-12-17-10-15(3)22(35-17)30-13-26-19-20(25-4)28-23(24)29-21(19)30/h5-9,13-15,17,22H,10-12H2,1-4H3,(H,27,32)(H3,24,25,28,29)/t15-,17-,22+,37?/m0/s1. The Morgan fingerprint density at radius 3 is 2.76 bits per heavy atom. The molecule has 200 valence electrons. The average molecular weight is 534 g/mol. The number of aromatic nitrogens is 4. The molecule has 1 saturated heterocycles. The summed E-state index contributed by atoms with van der Waals surface area (Å²) in [7, 11) is -2.21. The van der Waals surface area contributed by atoms with Crippen LogP contribution in [0.25, 0.3) is 11.2 Å². The second kappa shape index (κ2) is 11.4. The number of ether oxygens (including phenoxy) is 2. The summed E-state index contributed by atoms with van der Waals surface area (Å²) in [6, 6.07) is 8.57. The van der Waals surface area contributed by atoms with Gasteiger partial charge in [0.25, 0.3) is 0 Å². The number of nitrogens with two attached hydrogens (primary N) is 1. The predicted octanol–water partition coefficient (Wildman–Crippen LogP) is 3.12. The number of hydrogen-bond acceptors (Lipinski definition) is 11. The number of carbonyl (C=O) groups excluding carboxylic acids is 1. The minimum Gasteiger partial charge on any atom is -0.462 e. The lowest BCUT2D eigenvalue weighted by atomic mass is 10.1. The van der Waals surface area contributed by atoms with Crippen molar-refractivity contribution in [3.8, 4) is 5.75 Å². The van der Waals surface area contributed by atoms with Crippen molar-refractivity contribution in [2.24, 2.45) is 5.92 Å². The minimum atomic E-state index is -3.94. The molecule has 4 atom stereocenters. The summed E-state index contributed by atoms with van der Waals surface area (Å²) < 4.78 is 38.1. The topological polar surface area (TPSA) is 165 Å². The largest absolute Gasteiger partial charge is 0.462 e. The van der Waals surface area contributed by atoms with E-state index in [0.717, 1.165) is 0 Å². The number of para-hydroxylation sites is 1. The van der Waals surface area contributed by atoms with E-state index in [1.54, 1.807) is 62.1 Å². The Hall–Kier alpha value is -3.25. The van der Waals surface area contributed by atoms with Crippen LogP contribution in [0.15, 0.2) is 36.7 Å². The van der Waals surface area contributed by atoms with Gasteiger partial charge in [0.15, 0.2) is 17.0 Å². The fraction of sp³-hybridized carbons (Fsp3) is 0.478. The molecule has 14 heteroatoms. The predicted molar refractivity (Wildman–Crippen MR) is 137 cm³/mol. The van der Waals surface area contributed by atoms with E-state index in [-0.39, 0.29) is 31.1 Å². The SMILES string of the molecule is CNc1nc(N)nc2c1ncn2[C@@H]1O[C@H](COP(=O)(NCC(=O)OC(C)C)Oc2ccccc2)C[C@@H]1C. The van der Waals surface area contributed by atoms with Gasteiger partial charge < -0.3 is 25.0 Å². The van der Waals surface area contributed by atoms with Gasteiger partial charge in [0.2, 0.25) is 5.95 Å². The van der Waals surface area contributed by atoms with Gasteiger partial charge in [0, 0.05) is 13.0 Å². The van der Waals surface area contributed by atoms with Crippen LogP contribution in [0, 0.1) is 5.92 Å². The second-order valence-electron chi connectivity index (χ2n) is 8.94. The first-order chi connectivity index (χ1) is 17.7. The summed E-state index contributed by atoms with van der Waals surface area (Å²) in [5.41, 5.74) is 6.99. The molecule has 0 bridgehead atoms. The molecule has 1 aromatic carbocycles. The zero-order valence-electron chi connectivity index (χ0n) is 21.2. The van der Waals surface area contributed by atoms with Gasteiger partial charge >= 0.3 is 13.7 Å². The number of benzene rings is 1. The lowest BCUT2D eigenvalue weighted by Gasteiger charge is -2.22. The van der Waals surface area contributed by atoms with Crippen molar-refractivity contribution in [3.63, 3.8) is 0 Å². The third kappa shape index (κ3) is 6.55. The highest BCUT2D eigenvalue weighted by atomic mass is 31.2. The van der Waals surface area contributed by atoms with E-state index in [4.69, 9.17) is 24.3 Å². The molecule has 0 amide bonds. The Labute approximate surface area is 214 Å². The maximum Gasteiger partial charge on any atom is 0.459 e. The van der Waals surface area contributed by atoms with E-state index in [0.29, 0.717) is 29.2 Å².